The highest BCUT2D eigenvalue weighted by atomic mass is 16.1. The van der Waals surface area contributed by atoms with Gasteiger partial charge in [0.05, 0.1) is 0 Å². The SMILES string of the molecule is CC(=C1CCCCC1=O)[C@H]1CC[C@H]2[C@@H]3CCC4=CC(=O)CC[C@]4(C)[C@H]3CC[C@]12C. The van der Waals surface area contributed by atoms with Crippen molar-refractivity contribution in [2.45, 2.75) is 97.8 Å². The standard InChI is InChI=1S/C27H38O2/c1-17(20-6-4-5-7-25(20)29)22-10-11-23-21-9-8-18-16-19(28)12-14-26(18,2)24(21)13-15-27(22,23)3/h16,21-24H,4-15H2,1-3H3/t21-,22+,23-,24-,26-,27+/m0/s1. The highest BCUT2D eigenvalue weighted by Gasteiger charge is 2.59. The Bertz CT molecular complexity index is 801. The van der Waals surface area contributed by atoms with Gasteiger partial charge in [0.2, 0.25) is 0 Å². The molecular weight excluding hydrogens is 356 g/mol. The molecule has 5 aliphatic rings. The predicted octanol–water partition coefficient (Wildman–Crippen LogP) is 6.59. The third-order valence-electron chi connectivity index (χ3n) is 10.4. The summed E-state index contributed by atoms with van der Waals surface area (Å²) < 4.78 is 0. The van der Waals surface area contributed by atoms with E-state index in [1.807, 2.05) is 6.08 Å². The second kappa shape index (κ2) is 6.92. The lowest BCUT2D eigenvalue weighted by molar-refractivity contribution is -0.118. The van der Waals surface area contributed by atoms with Crippen molar-refractivity contribution in [2.75, 3.05) is 0 Å². The van der Waals surface area contributed by atoms with Gasteiger partial charge in [-0.2, -0.15) is 0 Å². The molecule has 0 aromatic heterocycles. The highest BCUT2D eigenvalue weighted by Crippen LogP contribution is 2.67. The molecule has 0 aromatic carbocycles. The number of carbonyl (C=O) groups is 2. The highest BCUT2D eigenvalue weighted by molar-refractivity contribution is 5.96. The van der Waals surface area contributed by atoms with Gasteiger partial charge in [0, 0.05) is 12.8 Å². The minimum absolute atomic E-state index is 0.267. The summed E-state index contributed by atoms with van der Waals surface area (Å²) >= 11 is 0. The summed E-state index contributed by atoms with van der Waals surface area (Å²) in [6.07, 6.45) is 15.6. The zero-order valence-corrected chi connectivity index (χ0v) is 18.7. The molecular formula is C27H38O2. The molecule has 0 N–H and O–H groups in total. The fourth-order valence-corrected chi connectivity index (χ4v) is 8.78. The van der Waals surface area contributed by atoms with Gasteiger partial charge in [-0.15, -0.1) is 0 Å². The molecule has 0 amide bonds. The van der Waals surface area contributed by atoms with Gasteiger partial charge >= 0.3 is 0 Å². The third-order valence-corrected chi connectivity index (χ3v) is 10.4. The molecule has 4 saturated carbocycles. The summed E-state index contributed by atoms with van der Waals surface area (Å²) in [6, 6.07) is 0. The van der Waals surface area contributed by atoms with Crippen molar-refractivity contribution >= 4 is 11.6 Å². The molecule has 0 radical (unpaired) electrons. The van der Waals surface area contributed by atoms with Gasteiger partial charge < -0.3 is 0 Å². The molecule has 0 unspecified atom stereocenters. The Hall–Kier alpha value is -1.18. The van der Waals surface area contributed by atoms with Crippen molar-refractivity contribution in [1.29, 1.82) is 0 Å². The number of rotatable bonds is 1. The van der Waals surface area contributed by atoms with Crippen LogP contribution in [0.3, 0.4) is 0 Å². The molecule has 0 heterocycles. The lowest BCUT2D eigenvalue weighted by Crippen LogP contribution is -2.50. The number of hydrogen-bond donors (Lipinski definition) is 0. The lowest BCUT2D eigenvalue weighted by Gasteiger charge is -2.58. The van der Waals surface area contributed by atoms with Gasteiger partial charge in [-0.3, -0.25) is 9.59 Å². The minimum Gasteiger partial charge on any atom is -0.295 e. The normalized spacial score (nSPS) is 46.5. The monoisotopic (exact) mass is 394 g/mol. The van der Waals surface area contributed by atoms with Crippen LogP contribution in [-0.2, 0) is 9.59 Å². The van der Waals surface area contributed by atoms with E-state index in [0.29, 0.717) is 22.9 Å². The largest absolute Gasteiger partial charge is 0.295 e. The van der Waals surface area contributed by atoms with Crippen LogP contribution in [0.5, 0.6) is 0 Å². The molecule has 158 valence electrons. The van der Waals surface area contributed by atoms with E-state index in [4.69, 9.17) is 0 Å². The van der Waals surface area contributed by atoms with Gasteiger partial charge in [0.15, 0.2) is 11.6 Å². The maximum Gasteiger partial charge on any atom is 0.158 e. The number of hydrogen-bond acceptors (Lipinski definition) is 2. The zero-order valence-electron chi connectivity index (χ0n) is 18.7. The van der Waals surface area contributed by atoms with Crippen molar-refractivity contribution in [2.24, 2.45) is 34.5 Å². The van der Waals surface area contributed by atoms with Crippen LogP contribution in [0.1, 0.15) is 97.8 Å². The summed E-state index contributed by atoms with van der Waals surface area (Å²) in [5, 5.41) is 0. The molecule has 5 aliphatic carbocycles. The van der Waals surface area contributed by atoms with Crippen molar-refractivity contribution in [3.8, 4) is 0 Å². The Labute approximate surface area is 176 Å². The van der Waals surface area contributed by atoms with Crippen molar-refractivity contribution in [3.63, 3.8) is 0 Å². The number of allylic oxidation sites excluding steroid dienone is 3. The summed E-state index contributed by atoms with van der Waals surface area (Å²) in [7, 11) is 0. The summed E-state index contributed by atoms with van der Waals surface area (Å²) in [4.78, 5) is 24.7. The number of carbonyl (C=O) groups excluding carboxylic acids is 2. The van der Waals surface area contributed by atoms with E-state index < -0.39 is 0 Å². The molecule has 0 aliphatic heterocycles. The Kier molecular flexibility index (Phi) is 4.72. The Morgan fingerprint density at radius 2 is 1.69 bits per heavy atom. The maximum absolute atomic E-state index is 12.6. The Morgan fingerprint density at radius 1 is 0.897 bits per heavy atom. The average Bonchev–Trinajstić information content (AvgIpc) is 3.05. The van der Waals surface area contributed by atoms with Gasteiger partial charge in [0.25, 0.3) is 0 Å². The molecule has 0 saturated heterocycles. The van der Waals surface area contributed by atoms with Gasteiger partial charge in [0.1, 0.15) is 0 Å². The Morgan fingerprint density at radius 3 is 2.48 bits per heavy atom. The van der Waals surface area contributed by atoms with E-state index in [2.05, 4.69) is 20.8 Å². The molecule has 29 heavy (non-hydrogen) atoms. The quantitative estimate of drug-likeness (QED) is 0.470. The van der Waals surface area contributed by atoms with E-state index >= 15 is 0 Å². The van der Waals surface area contributed by atoms with Crippen molar-refractivity contribution in [1.82, 2.24) is 0 Å². The number of Topliss-reactive ketones (excluding diaryl/α,β-unsaturated/α-hetero) is 1. The van der Waals surface area contributed by atoms with E-state index in [9.17, 15) is 9.59 Å². The fraction of sp³-hybridized carbons (Fsp3) is 0.778. The first kappa shape index (κ1) is 19.8. The number of fused-ring (bicyclic) bond motifs is 5. The van der Waals surface area contributed by atoms with Crippen LogP contribution in [0.15, 0.2) is 22.8 Å². The van der Waals surface area contributed by atoms with Crippen LogP contribution in [0.25, 0.3) is 0 Å². The van der Waals surface area contributed by atoms with Gasteiger partial charge in [-0.1, -0.05) is 25.0 Å². The smallest absolute Gasteiger partial charge is 0.158 e. The average molecular weight is 395 g/mol. The predicted molar refractivity (Wildman–Crippen MR) is 116 cm³/mol. The van der Waals surface area contributed by atoms with E-state index in [1.165, 1.54) is 55.2 Å². The van der Waals surface area contributed by atoms with Gasteiger partial charge in [-0.25, -0.2) is 0 Å². The lowest BCUT2D eigenvalue weighted by atomic mass is 9.46. The number of ketones is 2. The zero-order chi connectivity index (χ0) is 20.4. The van der Waals surface area contributed by atoms with Crippen LogP contribution >= 0.6 is 0 Å². The second-order valence-corrected chi connectivity index (χ2v) is 11.4. The van der Waals surface area contributed by atoms with Crippen LogP contribution in [0, 0.1) is 34.5 Å². The molecule has 5 rings (SSSR count). The molecule has 0 spiro atoms. The molecule has 2 nitrogen and oxygen atoms in total. The third kappa shape index (κ3) is 2.87. The summed E-state index contributed by atoms with van der Waals surface area (Å²) in [6.45, 7) is 7.35. The van der Waals surface area contributed by atoms with Crippen LogP contribution in [-0.4, -0.2) is 11.6 Å². The fourth-order valence-electron chi connectivity index (χ4n) is 8.78. The molecule has 6 atom stereocenters. The van der Waals surface area contributed by atoms with Crippen LogP contribution < -0.4 is 0 Å². The first-order valence-corrected chi connectivity index (χ1v) is 12.3. The maximum atomic E-state index is 12.6. The van der Waals surface area contributed by atoms with Gasteiger partial charge in [-0.05, 0) is 117 Å². The van der Waals surface area contributed by atoms with Crippen molar-refractivity contribution < 1.29 is 9.59 Å². The first-order valence-electron chi connectivity index (χ1n) is 12.3. The molecule has 4 fully saturated rings. The topological polar surface area (TPSA) is 34.1 Å². The second-order valence-electron chi connectivity index (χ2n) is 11.4. The van der Waals surface area contributed by atoms with E-state index in [0.717, 1.165) is 56.3 Å². The Balaban J connectivity index is 1.44. The summed E-state index contributed by atoms with van der Waals surface area (Å²) in [5.74, 6) is 3.79. The van der Waals surface area contributed by atoms with Crippen LogP contribution in [0.4, 0.5) is 0 Å². The minimum atomic E-state index is 0.267. The molecule has 0 bridgehead atoms. The first-order chi connectivity index (χ1) is 13.8. The van der Waals surface area contributed by atoms with Crippen LogP contribution in [0.2, 0.25) is 0 Å². The van der Waals surface area contributed by atoms with E-state index in [-0.39, 0.29) is 5.41 Å². The van der Waals surface area contributed by atoms with Crippen molar-refractivity contribution in [3.05, 3.63) is 22.8 Å². The molecule has 0 aromatic rings. The molecule has 2 heteroatoms. The summed E-state index contributed by atoms with van der Waals surface area (Å²) in [5.41, 5.74) is 4.78. The van der Waals surface area contributed by atoms with E-state index in [1.54, 1.807) is 0 Å².